The first-order valence-corrected chi connectivity index (χ1v) is 10.0. The predicted octanol–water partition coefficient (Wildman–Crippen LogP) is 2.73. The molecule has 1 N–H and O–H groups in total. The summed E-state index contributed by atoms with van der Waals surface area (Å²) in [5, 5.41) is 3.23. The number of allylic oxidation sites excluding steroid dienone is 2. The summed E-state index contributed by atoms with van der Waals surface area (Å²) < 4.78 is 5.22. The zero-order valence-corrected chi connectivity index (χ0v) is 16.2. The second kappa shape index (κ2) is 6.34. The van der Waals surface area contributed by atoms with Crippen molar-refractivity contribution in [3.63, 3.8) is 0 Å². The molecule has 3 fully saturated rings. The van der Waals surface area contributed by atoms with Gasteiger partial charge in [0.05, 0.1) is 24.6 Å². The molecule has 6 atom stereocenters. The third-order valence-electron chi connectivity index (χ3n) is 6.75. The molecule has 0 spiro atoms. The largest absolute Gasteiger partial charge is 0.495 e. The number of likely N-dealkylation sites (tertiary alicyclic amines) is 1. The van der Waals surface area contributed by atoms with Crippen molar-refractivity contribution in [2.45, 2.75) is 12.8 Å². The van der Waals surface area contributed by atoms with Crippen molar-refractivity contribution in [3.05, 3.63) is 35.4 Å². The van der Waals surface area contributed by atoms with Crippen LogP contribution >= 0.6 is 11.6 Å². The van der Waals surface area contributed by atoms with Crippen LogP contribution in [-0.4, -0.2) is 36.3 Å². The van der Waals surface area contributed by atoms with Gasteiger partial charge in [0.15, 0.2) is 0 Å². The highest BCUT2D eigenvalue weighted by atomic mass is 35.5. The van der Waals surface area contributed by atoms with Gasteiger partial charge in [-0.15, -0.1) is 0 Å². The maximum atomic E-state index is 12.9. The Balaban J connectivity index is 1.25. The molecule has 0 aromatic heterocycles. The summed E-state index contributed by atoms with van der Waals surface area (Å²) >= 11 is 5.98. The maximum absolute atomic E-state index is 12.9. The van der Waals surface area contributed by atoms with Gasteiger partial charge >= 0.3 is 0 Å². The van der Waals surface area contributed by atoms with E-state index in [-0.39, 0.29) is 54.4 Å². The number of methoxy groups -OCH3 is 1. The monoisotopic (exact) mass is 400 g/mol. The quantitative estimate of drug-likeness (QED) is 0.609. The molecule has 0 radical (unpaired) electrons. The number of carbonyl (C=O) groups is 3. The van der Waals surface area contributed by atoms with E-state index >= 15 is 0 Å². The maximum Gasteiger partial charge on any atom is 0.233 e. The molecule has 3 amide bonds. The molecular weight excluding hydrogens is 380 g/mol. The van der Waals surface area contributed by atoms with Crippen molar-refractivity contribution in [2.24, 2.45) is 35.5 Å². The van der Waals surface area contributed by atoms with Gasteiger partial charge in [-0.25, -0.2) is 0 Å². The SMILES string of the molecule is COc1ccc(Cl)cc1NC(=O)CCN1C(=O)[C@@H]2[C@H]3C=C[C@H]([C@H]4C[C@H]34)[C@@H]2C1=O. The minimum absolute atomic E-state index is 0.0439. The zero-order chi connectivity index (χ0) is 19.6. The summed E-state index contributed by atoms with van der Waals surface area (Å²) in [4.78, 5) is 39.6. The van der Waals surface area contributed by atoms with E-state index in [1.165, 1.54) is 12.0 Å². The lowest BCUT2D eigenvalue weighted by Gasteiger charge is -2.37. The molecule has 2 bridgehead atoms. The highest BCUT2D eigenvalue weighted by molar-refractivity contribution is 6.31. The van der Waals surface area contributed by atoms with Crippen LogP contribution in [0, 0.1) is 35.5 Å². The molecule has 146 valence electrons. The lowest BCUT2D eigenvalue weighted by atomic mass is 9.63. The number of imide groups is 1. The molecule has 1 aromatic rings. The fourth-order valence-electron chi connectivity index (χ4n) is 5.44. The standard InChI is InChI=1S/C21H21ClN2O4/c1-28-16-5-2-10(22)8-15(16)23-17(25)6-7-24-20(26)18-11-3-4-12(14-9-13(11)14)19(18)21(24)27/h2-5,8,11-14,18-19H,6-7,9H2,1H3,(H,23,25)/t11-,12+,13-,14-,18+,19-/m1/s1. The molecule has 4 aliphatic carbocycles. The number of halogens is 1. The van der Waals surface area contributed by atoms with Gasteiger partial charge in [-0.3, -0.25) is 19.3 Å². The molecule has 1 saturated heterocycles. The summed E-state index contributed by atoms with van der Waals surface area (Å²) in [7, 11) is 1.51. The minimum Gasteiger partial charge on any atom is -0.495 e. The van der Waals surface area contributed by atoms with Gasteiger partial charge in [0, 0.05) is 18.0 Å². The van der Waals surface area contributed by atoms with E-state index in [1.54, 1.807) is 18.2 Å². The summed E-state index contributed by atoms with van der Waals surface area (Å²) in [6.07, 6.45) is 5.47. The van der Waals surface area contributed by atoms with E-state index in [2.05, 4.69) is 17.5 Å². The third-order valence-corrected chi connectivity index (χ3v) is 6.99. The Bertz CT molecular complexity index is 878. The molecule has 5 aliphatic rings. The third kappa shape index (κ3) is 2.58. The fourth-order valence-corrected chi connectivity index (χ4v) is 5.62. The summed E-state index contributed by atoms with van der Waals surface area (Å²) in [5.41, 5.74) is 0.468. The summed E-state index contributed by atoms with van der Waals surface area (Å²) in [6, 6.07) is 4.95. The first kappa shape index (κ1) is 17.7. The number of ether oxygens (including phenoxy) is 1. The number of hydrogen-bond acceptors (Lipinski definition) is 4. The molecule has 28 heavy (non-hydrogen) atoms. The van der Waals surface area contributed by atoms with E-state index in [0.717, 1.165) is 6.42 Å². The summed E-state index contributed by atoms with van der Waals surface area (Å²) in [6.45, 7) is 0.105. The smallest absolute Gasteiger partial charge is 0.233 e. The number of rotatable bonds is 5. The lowest BCUT2D eigenvalue weighted by Crippen LogP contribution is -2.40. The predicted molar refractivity (Wildman–Crippen MR) is 103 cm³/mol. The first-order chi connectivity index (χ1) is 13.5. The van der Waals surface area contributed by atoms with Crippen molar-refractivity contribution in [2.75, 3.05) is 19.0 Å². The van der Waals surface area contributed by atoms with Crippen molar-refractivity contribution < 1.29 is 19.1 Å². The molecular formula is C21H21ClN2O4. The van der Waals surface area contributed by atoms with Crippen LogP contribution in [0.3, 0.4) is 0 Å². The normalized spacial score (nSPS) is 34.3. The van der Waals surface area contributed by atoms with Gasteiger partial charge in [0.1, 0.15) is 5.75 Å². The molecule has 1 aromatic carbocycles. The average Bonchev–Trinajstić information content (AvgIpc) is 3.46. The van der Waals surface area contributed by atoms with Crippen LogP contribution in [0.25, 0.3) is 0 Å². The fraction of sp³-hybridized carbons (Fsp3) is 0.476. The van der Waals surface area contributed by atoms with Crippen LogP contribution in [0.2, 0.25) is 5.02 Å². The van der Waals surface area contributed by atoms with Gasteiger partial charge in [-0.1, -0.05) is 23.8 Å². The van der Waals surface area contributed by atoms with Gasteiger partial charge in [-0.2, -0.15) is 0 Å². The topological polar surface area (TPSA) is 75.7 Å². The van der Waals surface area contributed by atoms with Gasteiger partial charge < -0.3 is 10.1 Å². The second-order valence-corrected chi connectivity index (χ2v) is 8.56. The number of nitrogens with zero attached hydrogens (tertiary/aromatic N) is 1. The Hall–Kier alpha value is -2.34. The van der Waals surface area contributed by atoms with Gasteiger partial charge in [0.25, 0.3) is 0 Å². The Morgan fingerprint density at radius 1 is 1.18 bits per heavy atom. The Kier molecular flexibility index (Phi) is 4.02. The van der Waals surface area contributed by atoms with Crippen molar-refractivity contribution in [1.82, 2.24) is 4.90 Å². The molecule has 2 saturated carbocycles. The molecule has 7 heteroatoms. The highest BCUT2D eigenvalue weighted by Gasteiger charge is 2.66. The number of amides is 3. The van der Waals surface area contributed by atoms with E-state index in [9.17, 15) is 14.4 Å². The number of benzene rings is 1. The average molecular weight is 401 g/mol. The molecule has 6 nitrogen and oxygen atoms in total. The van der Waals surface area contributed by atoms with Crippen molar-refractivity contribution >= 4 is 35.0 Å². The van der Waals surface area contributed by atoms with Crippen LogP contribution in [-0.2, 0) is 14.4 Å². The van der Waals surface area contributed by atoms with Crippen LogP contribution in [0.15, 0.2) is 30.4 Å². The van der Waals surface area contributed by atoms with Crippen LogP contribution < -0.4 is 10.1 Å². The highest BCUT2D eigenvalue weighted by Crippen LogP contribution is 2.65. The van der Waals surface area contributed by atoms with E-state index in [4.69, 9.17) is 16.3 Å². The van der Waals surface area contributed by atoms with Crippen molar-refractivity contribution in [3.8, 4) is 5.75 Å². The summed E-state index contributed by atoms with van der Waals surface area (Å²) in [5.74, 6) is 1.11. The van der Waals surface area contributed by atoms with Crippen LogP contribution in [0.5, 0.6) is 5.75 Å². The number of anilines is 1. The van der Waals surface area contributed by atoms with E-state index in [1.807, 2.05) is 0 Å². The zero-order valence-electron chi connectivity index (χ0n) is 15.4. The van der Waals surface area contributed by atoms with Gasteiger partial charge in [0.2, 0.25) is 17.7 Å². The van der Waals surface area contributed by atoms with E-state index in [0.29, 0.717) is 28.3 Å². The van der Waals surface area contributed by atoms with Crippen LogP contribution in [0.4, 0.5) is 5.69 Å². The minimum atomic E-state index is -0.292. The second-order valence-electron chi connectivity index (χ2n) is 8.13. The van der Waals surface area contributed by atoms with E-state index < -0.39 is 0 Å². The number of carbonyl (C=O) groups excluding carboxylic acids is 3. The Labute approximate surface area is 167 Å². The van der Waals surface area contributed by atoms with Crippen LogP contribution in [0.1, 0.15) is 12.8 Å². The Morgan fingerprint density at radius 3 is 2.43 bits per heavy atom. The van der Waals surface area contributed by atoms with Gasteiger partial charge in [-0.05, 0) is 48.3 Å². The molecule has 6 rings (SSSR count). The molecule has 1 heterocycles. The first-order valence-electron chi connectivity index (χ1n) is 9.66. The number of hydrogen-bond donors (Lipinski definition) is 1. The molecule has 1 aliphatic heterocycles. The lowest BCUT2D eigenvalue weighted by molar-refractivity contribution is -0.140. The number of nitrogens with one attached hydrogen (secondary N) is 1. The molecule has 0 unspecified atom stereocenters. The van der Waals surface area contributed by atoms with Crippen molar-refractivity contribution in [1.29, 1.82) is 0 Å². The Morgan fingerprint density at radius 2 is 1.82 bits per heavy atom.